The first kappa shape index (κ1) is 18.4. The molecule has 24 heavy (non-hydrogen) atoms. The summed E-state index contributed by atoms with van der Waals surface area (Å²) in [5.74, 6) is -0.580. The van der Waals surface area contributed by atoms with Crippen molar-refractivity contribution < 1.29 is 27.5 Å². The Morgan fingerprint density at radius 3 is 2.29 bits per heavy atom. The molecule has 7 heteroatoms. The van der Waals surface area contributed by atoms with Crippen molar-refractivity contribution in [1.29, 1.82) is 0 Å². The summed E-state index contributed by atoms with van der Waals surface area (Å²) in [6.45, 7) is 0.642. The number of rotatable bonds is 5. The highest BCUT2D eigenvalue weighted by molar-refractivity contribution is 5.98. The third kappa shape index (κ3) is 5.33. The Morgan fingerprint density at radius 1 is 1.17 bits per heavy atom. The van der Waals surface area contributed by atoms with Crippen LogP contribution in [0.25, 0.3) is 0 Å². The zero-order valence-corrected chi connectivity index (χ0v) is 13.4. The number of piperidine rings is 1. The molecule has 0 unspecified atom stereocenters. The number of benzene rings is 1. The maximum absolute atomic E-state index is 12.4. The first-order valence-corrected chi connectivity index (χ1v) is 7.79. The molecule has 1 aromatic rings. The molecule has 0 bridgehead atoms. The summed E-state index contributed by atoms with van der Waals surface area (Å²) >= 11 is 0. The van der Waals surface area contributed by atoms with Crippen LogP contribution in [0.2, 0.25) is 0 Å². The Bertz CT molecular complexity index is 576. The van der Waals surface area contributed by atoms with Gasteiger partial charge in [-0.2, -0.15) is 13.2 Å². The highest BCUT2D eigenvalue weighted by Gasteiger charge is 2.30. The van der Waals surface area contributed by atoms with Gasteiger partial charge in [0.2, 0.25) is 5.91 Å². The van der Waals surface area contributed by atoms with Crippen molar-refractivity contribution in [2.24, 2.45) is 5.92 Å². The van der Waals surface area contributed by atoms with E-state index in [0.29, 0.717) is 31.5 Å². The second kappa shape index (κ2) is 7.79. The van der Waals surface area contributed by atoms with E-state index >= 15 is 0 Å². The lowest BCUT2D eigenvalue weighted by molar-refractivity contribution is -0.178. The Hall–Kier alpha value is -1.89. The molecule has 4 nitrogen and oxygen atoms in total. The zero-order chi connectivity index (χ0) is 17.7. The number of hydrogen-bond donors (Lipinski definition) is 0. The van der Waals surface area contributed by atoms with Gasteiger partial charge in [0.05, 0.1) is 0 Å². The summed E-state index contributed by atoms with van der Waals surface area (Å²) in [4.78, 5) is 25.7. The number of carbonyl (C=O) groups is 2. The highest BCUT2D eigenvalue weighted by Crippen LogP contribution is 2.22. The van der Waals surface area contributed by atoms with Gasteiger partial charge in [-0.3, -0.25) is 9.59 Å². The minimum atomic E-state index is -4.44. The number of aryl methyl sites for hydroxylation is 1. The van der Waals surface area contributed by atoms with Crippen LogP contribution < -0.4 is 0 Å². The third-order valence-electron chi connectivity index (χ3n) is 4.05. The van der Waals surface area contributed by atoms with E-state index in [1.807, 2.05) is 19.1 Å². The molecule has 0 spiro atoms. The summed E-state index contributed by atoms with van der Waals surface area (Å²) in [5, 5.41) is 0. The Kier molecular flexibility index (Phi) is 5.99. The van der Waals surface area contributed by atoms with Gasteiger partial charge in [-0.25, -0.2) is 0 Å². The summed E-state index contributed by atoms with van der Waals surface area (Å²) in [5.41, 5.74) is 1.73. The van der Waals surface area contributed by atoms with Gasteiger partial charge in [0, 0.05) is 24.6 Å². The number of halogens is 3. The largest absolute Gasteiger partial charge is 0.411 e. The van der Waals surface area contributed by atoms with Crippen molar-refractivity contribution in [3.8, 4) is 0 Å². The van der Waals surface area contributed by atoms with Crippen molar-refractivity contribution >= 4 is 11.7 Å². The molecule has 0 radical (unpaired) electrons. The van der Waals surface area contributed by atoms with Gasteiger partial charge in [0.25, 0.3) is 0 Å². The molecular weight excluding hydrogens is 323 g/mol. The van der Waals surface area contributed by atoms with Crippen molar-refractivity contribution in [2.45, 2.75) is 25.9 Å². The van der Waals surface area contributed by atoms with Crippen LogP contribution in [0.3, 0.4) is 0 Å². The molecule has 1 heterocycles. The number of Topliss-reactive ketones (excluding diaryl/α,β-unsaturated/α-hetero) is 1. The van der Waals surface area contributed by atoms with Crippen LogP contribution in [-0.4, -0.2) is 49.1 Å². The van der Waals surface area contributed by atoms with Crippen LogP contribution in [0.15, 0.2) is 24.3 Å². The predicted molar refractivity (Wildman–Crippen MR) is 81.7 cm³/mol. The van der Waals surface area contributed by atoms with Crippen LogP contribution >= 0.6 is 0 Å². The molecule has 1 aliphatic rings. The average Bonchev–Trinajstić information content (AvgIpc) is 2.54. The number of nitrogens with zero attached hydrogens (tertiary/aromatic N) is 1. The van der Waals surface area contributed by atoms with E-state index in [1.54, 1.807) is 12.1 Å². The summed E-state index contributed by atoms with van der Waals surface area (Å²) in [6, 6.07) is 7.34. The average molecular weight is 343 g/mol. The monoisotopic (exact) mass is 343 g/mol. The van der Waals surface area contributed by atoms with Gasteiger partial charge in [-0.1, -0.05) is 29.8 Å². The van der Waals surface area contributed by atoms with Gasteiger partial charge >= 0.3 is 6.18 Å². The number of alkyl halides is 3. The second-order valence-electron chi connectivity index (χ2n) is 5.99. The lowest BCUT2D eigenvalue weighted by Crippen LogP contribution is -2.42. The molecule has 1 saturated heterocycles. The van der Waals surface area contributed by atoms with Gasteiger partial charge in [0.1, 0.15) is 13.2 Å². The molecule has 1 amide bonds. The fourth-order valence-corrected chi connectivity index (χ4v) is 2.69. The highest BCUT2D eigenvalue weighted by atomic mass is 19.4. The smallest absolute Gasteiger partial charge is 0.362 e. The lowest BCUT2D eigenvalue weighted by atomic mass is 9.88. The number of hydrogen-bond acceptors (Lipinski definition) is 3. The topological polar surface area (TPSA) is 46.6 Å². The fraction of sp³-hybridized carbons (Fsp3) is 0.529. The van der Waals surface area contributed by atoms with Crippen LogP contribution in [0.5, 0.6) is 0 Å². The van der Waals surface area contributed by atoms with Crippen LogP contribution in [0, 0.1) is 12.8 Å². The van der Waals surface area contributed by atoms with Gasteiger partial charge in [-0.05, 0) is 19.8 Å². The molecule has 132 valence electrons. The summed E-state index contributed by atoms with van der Waals surface area (Å²) in [6.07, 6.45) is -3.41. The number of amides is 1. The summed E-state index contributed by atoms with van der Waals surface area (Å²) in [7, 11) is 0. The molecule has 0 aliphatic carbocycles. The molecule has 0 saturated carbocycles. The first-order valence-electron chi connectivity index (χ1n) is 7.79. The van der Waals surface area contributed by atoms with E-state index in [1.165, 1.54) is 4.90 Å². The van der Waals surface area contributed by atoms with Crippen LogP contribution in [0.4, 0.5) is 13.2 Å². The predicted octanol–water partition coefficient (Wildman–Crippen LogP) is 3.00. The Balaban J connectivity index is 1.79. The van der Waals surface area contributed by atoms with Crippen molar-refractivity contribution in [3.05, 3.63) is 35.4 Å². The standard InChI is InChI=1S/C17H20F3NO3/c1-12-2-4-13(5-3-12)16(23)14-6-8-21(9-7-14)15(22)10-24-11-17(18,19)20/h2-5,14H,6-11H2,1H3. The number of carbonyl (C=O) groups excluding carboxylic acids is 2. The second-order valence-corrected chi connectivity index (χ2v) is 5.99. The normalized spacial score (nSPS) is 16.2. The van der Waals surface area contributed by atoms with Crippen molar-refractivity contribution in [3.63, 3.8) is 0 Å². The van der Waals surface area contributed by atoms with Crippen LogP contribution in [0.1, 0.15) is 28.8 Å². The molecule has 0 atom stereocenters. The van der Waals surface area contributed by atoms with Gasteiger partial charge in [-0.15, -0.1) is 0 Å². The zero-order valence-electron chi connectivity index (χ0n) is 13.4. The van der Waals surface area contributed by atoms with Crippen molar-refractivity contribution in [1.82, 2.24) is 4.90 Å². The molecule has 1 aliphatic heterocycles. The fourth-order valence-electron chi connectivity index (χ4n) is 2.69. The minimum absolute atomic E-state index is 0.0513. The van der Waals surface area contributed by atoms with E-state index in [0.717, 1.165) is 5.56 Å². The van der Waals surface area contributed by atoms with E-state index in [4.69, 9.17) is 0 Å². The SMILES string of the molecule is Cc1ccc(C(=O)C2CCN(C(=O)COCC(F)(F)F)CC2)cc1. The third-order valence-corrected chi connectivity index (χ3v) is 4.05. The van der Waals surface area contributed by atoms with Crippen LogP contribution in [-0.2, 0) is 9.53 Å². The quantitative estimate of drug-likeness (QED) is 0.772. The number of ketones is 1. The van der Waals surface area contributed by atoms with E-state index in [2.05, 4.69) is 4.74 Å². The first-order chi connectivity index (χ1) is 11.3. The maximum Gasteiger partial charge on any atom is 0.411 e. The maximum atomic E-state index is 12.4. The van der Waals surface area contributed by atoms with E-state index < -0.39 is 25.3 Å². The molecule has 2 rings (SSSR count). The molecule has 0 N–H and O–H groups in total. The van der Waals surface area contributed by atoms with E-state index in [-0.39, 0.29) is 11.7 Å². The molecule has 1 aromatic carbocycles. The molecule has 0 aromatic heterocycles. The van der Waals surface area contributed by atoms with Crippen molar-refractivity contribution in [2.75, 3.05) is 26.3 Å². The van der Waals surface area contributed by atoms with E-state index in [9.17, 15) is 22.8 Å². The number of likely N-dealkylation sites (tertiary alicyclic amines) is 1. The summed E-state index contributed by atoms with van der Waals surface area (Å²) < 4.78 is 40.3. The van der Waals surface area contributed by atoms with Gasteiger partial charge < -0.3 is 9.64 Å². The van der Waals surface area contributed by atoms with Gasteiger partial charge in [0.15, 0.2) is 5.78 Å². The lowest BCUT2D eigenvalue weighted by Gasteiger charge is -2.31. The molecule has 1 fully saturated rings. The Morgan fingerprint density at radius 2 is 1.75 bits per heavy atom. The Labute approximate surface area is 138 Å². The minimum Gasteiger partial charge on any atom is -0.362 e. The molecular formula is C17H20F3NO3. The number of ether oxygens (including phenoxy) is 1.